The van der Waals surface area contributed by atoms with Crippen molar-refractivity contribution in [3.05, 3.63) is 76.1 Å². The first-order valence-corrected chi connectivity index (χ1v) is 8.39. The molecule has 0 spiro atoms. The molecule has 0 radical (unpaired) electrons. The minimum absolute atomic E-state index is 0.0573. The number of benzene rings is 1. The smallest absolute Gasteiger partial charge is 0.251 e. The Labute approximate surface area is 147 Å². The maximum atomic E-state index is 13.8. The van der Waals surface area contributed by atoms with E-state index in [1.807, 2.05) is 5.38 Å². The van der Waals surface area contributed by atoms with E-state index in [0.717, 1.165) is 6.07 Å². The van der Waals surface area contributed by atoms with Crippen molar-refractivity contribution < 1.29 is 23.4 Å². The van der Waals surface area contributed by atoms with Crippen LogP contribution in [0.4, 0.5) is 4.39 Å². The first kappa shape index (κ1) is 17.2. The van der Waals surface area contributed by atoms with Crippen LogP contribution in [0.15, 0.2) is 57.8 Å². The third-order valence-electron chi connectivity index (χ3n) is 3.85. The summed E-state index contributed by atoms with van der Waals surface area (Å²) >= 11 is 1.42. The van der Waals surface area contributed by atoms with Crippen LogP contribution in [-0.2, 0) is 5.60 Å². The Balaban J connectivity index is 1.80. The van der Waals surface area contributed by atoms with Crippen LogP contribution < -0.4 is 10.1 Å². The molecular formula is C18H16FNO4S. The van der Waals surface area contributed by atoms with E-state index >= 15 is 0 Å². The van der Waals surface area contributed by atoms with Gasteiger partial charge in [0.15, 0.2) is 17.2 Å². The molecule has 0 bridgehead atoms. The van der Waals surface area contributed by atoms with Gasteiger partial charge in [-0.05, 0) is 47.2 Å². The highest BCUT2D eigenvalue weighted by atomic mass is 32.1. The first-order valence-electron chi connectivity index (χ1n) is 7.45. The number of halogens is 1. The lowest BCUT2D eigenvalue weighted by Crippen LogP contribution is -2.41. The molecule has 3 aromatic rings. The Hall–Kier alpha value is -2.64. The number of carbonyl (C=O) groups is 1. The Morgan fingerprint density at radius 1 is 1.40 bits per heavy atom. The van der Waals surface area contributed by atoms with Crippen molar-refractivity contribution in [2.24, 2.45) is 0 Å². The van der Waals surface area contributed by atoms with Crippen molar-refractivity contribution in [3.63, 3.8) is 0 Å². The van der Waals surface area contributed by atoms with Crippen LogP contribution in [0, 0.1) is 5.82 Å². The Bertz CT molecular complexity index is 812. The molecule has 3 rings (SSSR count). The minimum atomic E-state index is -1.51. The number of amides is 1. The zero-order valence-electron chi connectivity index (χ0n) is 13.4. The molecule has 5 nitrogen and oxygen atoms in total. The van der Waals surface area contributed by atoms with E-state index in [1.165, 1.54) is 36.8 Å². The highest BCUT2D eigenvalue weighted by molar-refractivity contribution is 7.08. The summed E-state index contributed by atoms with van der Waals surface area (Å²) in [5.74, 6) is -0.773. The number of methoxy groups -OCH3 is 1. The molecule has 0 saturated heterocycles. The number of nitrogens with one attached hydrogen (secondary N) is 1. The number of hydrogen-bond acceptors (Lipinski definition) is 5. The topological polar surface area (TPSA) is 71.7 Å². The highest BCUT2D eigenvalue weighted by Gasteiger charge is 2.35. The van der Waals surface area contributed by atoms with Crippen molar-refractivity contribution in [1.82, 2.24) is 5.32 Å². The second-order valence-corrected chi connectivity index (χ2v) is 6.16. The zero-order valence-corrected chi connectivity index (χ0v) is 14.2. The van der Waals surface area contributed by atoms with E-state index in [-0.39, 0.29) is 17.9 Å². The molecule has 1 aromatic carbocycles. The molecule has 0 aliphatic rings. The van der Waals surface area contributed by atoms with Crippen molar-refractivity contribution in [1.29, 1.82) is 0 Å². The van der Waals surface area contributed by atoms with Crippen molar-refractivity contribution in [2.45, 2.75) is 5.60 Å². The average Bonchev–Trinajstić information content (AvgIpc) is 3.33. The Morgan fingerprint density at radius 3 is 2.84 bits per heavy atom. The van der Waals surface area contributed by atoms with Gasteiger partial charge in [0.05, 0.1) is 19.9 Å². The molecule has 7 heteroatoms. The number of aliphatic hydroxyl groups is 1. The van der Waals surface area contributed by atoms with E-state index in [0.29, 0.717) is 11.3 Å². The van der Waals surface area contributed by atoms with Gasteiger partial charge in [0.2, 0.25) is 0 Å². The number of hydrogen-bond donors (Lipinski definition) is 2. The normalized spacial score (nSPS) is 13.2. The molecule has 1 amide bonds. The fraction of sp³-hybridized carbons (Fsp3) is 0.167. The number of ether oxygens (including phenoxy) is 1. The van der Waals surface area contributed by atoms with Crippen LogP contribution in [0.1, 0.15) is 21.7 Å². The number of thiophene rings is 1. The predicted octanol–water partition coefficient (Wildman–Crippen LogP) is 3.15. The molecule has 130 valence electrons. The van der Waals surface area contributed by atoms with Gasteiger partial charge in [-0.1, -0.05) is 0 Å². The molecule has 2 heterocycles. The van der Waals surface area contributed by atoms with Crippen LogP contribution >= 0.6 is 11.3 Å². The number of furan rings is 1. The van der Waals surface area contributed by atoms with E-state index in [2.05, 4.69) is 5.32 Å². The molecule has 0 saturated carbocycles. The molecule has 0 fully saturated rings. The first-order chi connectivity index (χ1) is 12.0. The summed E-state index contributed by atoms with van der Waals surface area (Å²) < 4.78 is 23.9. The van der Waals surface area contributed by atoms with Gasteiger partial charge in [-0.3, -0.25) is 4.79 Å². The summed E-state index contributed by atoms with van der Waals surface area (Å²) in [6.45, 7) is -0.121. The van der Waals surface area contributed by atoms with Gasteiger partial charge < -0.3 is 19.6 Å². The Morgan fingerprint density at radius 2 is 2.24 bits per heavy atom. The van der Waals surface area contributed by atoms with Crippen molar-refractivity contribution in [3.8, 4) is 5.75 Å². The van der Waals surface area contributed by atoms with E-state index < -0.39 is 17.3 Å². The summed E-state index contributed by atoms with van der Waals surface area (Å²) in [4.78, 5) is 12.3. The summed E-state index contributed by atoms with van der Waals surface area (Å²) in [6.07, 6.45) is 1.45. The predicted molar refractivity (Wildman–Crippen MR) is 91.3 cm³/mol. The monoisotopic (exact) mass is 361 g/mol. The fourth-order valence-electron chi connectivity index (χ4n) is 2.46. The van der Waals surface area contributed by atoms with Gasteiger partial charge in [-0.2, -0.15) is 11.3 Å². The van der Waals surface area contributed by atoms with Crippen molar-refractivity contribution in [2.75, 3.05) is 13.7 Å². The van der Waals surface area contributed by atoms with Gasteiger partial charge in [-0.15, -0.1) is 0 Å². The van der Waals surface area contributed by atoms with Crippen LogP contribution in [0.3, 0.4) is 0 Å². The van der Waals surface area contributed by atoms with Crippen molar-refractivity contribution >= 4 is 17.2 Å². The summed E-state index contributed by atoms with van der Waals surface area (Å²) in [5, 5.41) is 17.3. The van der Waals surface area contributed by atoms with Crippen LogP contribution in [0.25, 0.3) is 0 Å². The average molecular weight is 361 g/mol. The molecule has 1 atom stereocenters. The number of rotatable bonds is 6. The van der Waals surface area contributed by atoms with E-state index in [4.69, 9.17) is 9.15 Å². The second-order valence-electron chi connectivity index (χ2n) is 5.38. The Kier molecular flexibility index (Phi) is 4.87. The van der Waals surface area contributed by atoms with Gasteiger partial charge in [-0.25, -0.2) is 4.39 Å². The SMILES string of the molecule is COc1ccc(C(=O)NC[C@](O)(c2ccsc2)c2ccco2)cc1F. The van der Waals surface area contributed by atoms with Crippen LogP contribution in [0.5, 0.6) is 5.75 Å². The van der Waals surface area contributed by atoms with Crippen LogP contribution in [-0.4, -0.2) is 24.7 Å². The van der Waals surface area contributed by atoms with Gasteiger partial charge in [0.25, 0.3) is 5.91 Å². The van der Waals surface area contributed by atoms with E-state index in [1.54, 1.807) is 23.6 Å². The summed E-state index contributed by atoms with van der Waals surface area (Å²) in [7, 11) is 1.35. The molecule has 2 aromatic heterocycles. The molecule has 0 aliphatic carbocycles. The third kappa shape index (κ3) is 3.42. The largest absolute Gasteiger partial charge is 0.494 e. The minimum Gasteiger partial charge on any atom is -0.494 e. The fourth-order valence-corrected chi connectivity index (χ4v) is 3.19. The van der Waals surface area contributed by atoms with Gasteiger partial charge in [0.1, 0.15) is 5.76 Å². The van der Waals surface area contributed by atoms with E-state index in [9.17, 15) is 14.3 Å². The molecular weight excluding hydrogens is 345 g/mol. The number of carbonyl (C=O) groups excluding carboxylic acids is 1. The third-order valence-corrected chi connectivity index (χ3v) is 4.53. The molecule has 2 N–H and O–H groups in total. The molecule has 25 heavy (non-hydrogen) atoms. The van der Waals surface area contributed by atoms with Crippen LogP contribution in [0.2, 0.25) is 0 Å². The summed E-state index contributed by atoms with van der Waals surface area (Å²) in [6, 6.07) is 8.97. The quantitative estimate of drug-likeness (QED) is 0.707. The molecule has 0 aliphatic heterocycles. The van der Waals surface area contributed by atoms with Gasteiger partial charge in [0, 0.05) is 11.1 Å². The maximum Gasteiger partial charge on any atom is 0.251 e. The second kappa shape index (κ2) is 7.08. The maximum absolute atomic E-state index is 13.8. The highest BCUT2D eigenvalue weighted by Crippen LogP contribution is 2.31. The van der Waals surface area contributed by atoms with Gasteiger partial charge >= 0.3 is 0 Å². The lowest BCUT2D eigenvalue weighted by molar-refractivity contribution is 0.0528. The molecule has 0 unspecified atom stereocenters. The zero-order chi connectivity index (χ0) is 17.9. The lowest BCUT2D eigenvalue weighted by Gasteiger charge is -2.25. The standard InChI is InChI=1S/C18H16FNO4S/c1-23-15-5-4-12(9-14(15)19)17(21)20-11-18(22,13-6-8-25-10-13)16-3-2-7-24-16/h2-10,22H,11H2,1H3,(H,20,21)/t18-/m0/s1. The lowest BCUT2D eigenvalue weighted by atomic mass is 9.93. The summed E-state index contributed by atoms with van der Waals surface area (Å²) in [5.41, 5.74) is -0.774.